The Morgan fingerprint density at radius 3 is 2.12 bits per heavy atom. The third kappa shape index (κ3) is 4.77. The lowest BCUT2D eigenvalue weighted by Crippen LogP contribution is -2.49. The average molecular weight is 478 g/mol. The van der Waals surface area contributed by atoms with Gasteiger partial charge in [0, 0.05) is 23.7 Å². The highest BCUT2D eigenvalue weighted by atomic mass is 31.2. The molecule has 0 spiro atoms. The van der Waals surface area contributed by atoms with E-state index in [2.05, 4.69) is 20.6 Å². The summed E-state index contributed by atoms with van der Waals surface area (Å²) in [5.74, 6) is 2.12. The second-order valence-corrected chi connectivity index (χ2v) is 14.0. The van der Waals surface area contributed by atoms with Gasteiger partial charge in [-0.05, 0) is 99.3 Å². The molecule has 1 aromatic heterocycles. The summed E-state index contributed by atoms with van der Waals surface area (Å²) in [5, 5.41) is 6.80. The molecule has 2 aromatic rings. The molecule has 4 aliphatic carbocycles. The molecular formula is C24H30F3N4OP. The van der Waals surface area contributed by atoms with E-state index in [0.717, 1.165) is 48.5 Å². The molecule has 0 unspecified atom stereocenters. The standard InChI is InChI=1S/C24H30F3N4OP/c1-33(2,32)19-5-3-18(4-6-19)30-22-28-13-20(24(25,26)27)21(31-22)29-14-23-10-15-7-16(11-23)9-17(8-15)12-23/h3-6,13,15-17H,7-12,14H2,1-2H3,(H2,28,29,30,31). The molecule has 2 N–H and O–H groups in total. The van der Waals surface area contributed by atoms with Crippen molar-refractivity contribution in [2.75, 3.05) is 30.5 Å². The molecule has 0 atom stereocenters. The first kappa shape index (κ1) is 22.7. The normalized spacial score (nSPS) is 28.7. The largest absolute Gasteiger partial charge is 0.421 e. The summed E-state index contributed by atoms with van der Waals surface area (Å²) in [7, 11) is -2.38. The zero-order valence-corrected chi connectivity index (χ0v) is 19.8. The third-order valence-electron chi connectivity index (χ3n) is 7.64. The van der Waals surface area contributed by atoms with Crippen LogP contribution >= 0.6 is 7.14 Å². The van der Waals surface area contributed by atoms with Gasteiger partial charge < -0.3 is 15.2 Å². The molecule has 4 saturated carbocycles. The molecule has 4 aliphatic rings. The van der Waals surface area contributed by atoms with E-state index in [1.165, 1.54) is 19.3 Å². The van der Waals surface area contributed by atoms with Gasteiger partial charge in [-0.15, -0.1) is 0 Å². The SMILES string of the molecule is CP(C)(=O)c1ccc(Nc2ncc(C(F)(F)F)c(NCC34CC5CC(CC(C5)C3)C4)n2)cc1. The van der Waals surface area contributed by atoms with Gasteiger partial charge in [-0.2, -0.15) is 18.2 Å². The fourth-order valence-corrected chi connectivity index (χ4v) is 7.46. The van der Waals surface area contributed by atoms with Crippen molar-refractivity contribution in [1.29, 1.82) is 0 Å². The summed E-state index contributed by atoms with van der Waals surface area (Å²) in [6.45, 7) is 3.90. The van der Waals surface area contributed by atoms with E-state index in [1.54, 1.807) is 37.6 Å². The lowest BCUT2D eigenvalue weighted by molar-refractivity contribution is -0.137. The molecule has 0 radical (unpaired) electrons. The minimum Gasteiger partial charge on any atom is -0.369 e. The fourth-order valence-electron chi connectivity index (χ4n) is 6.59. The average Bonchev–Trinajstić information content (AvgIpc) is 2.70. The summed E-state index contributed by atoms with van der Waals surface area (Å²) in [5.41, 5.74) is -0.134. The maximum Gasteiger partial charge on any atom is 0.421 e. The Morgan fingerprint density at radius 1 is 1.03 bits per heavy atom. The second kappa shape index (κ2) is 8.00. The van der Waals surface area contributed by atoms with Crippen LogP contribution in [0, 0.1) is 23.2 Å². The van der Waals surface area contributed by atoms with Crippen molar-refractivity contribution >= 4 is 29.9 Å². The highest BCUT2D eigenvalue weighted by molar-refractivity contribution is 7.70. The van der Waals surface area contributed by atoms with Gasteiger partial charge >= 0.3 is 6.18 Å². The molecule has 6 rings (SSSR count). The third-order valence-corrected chi connectivity index (χ3v) is 9.18. The van der Waals surface area contributed by atoms with E-state index in [4.69, 9.17) is 0 Å². The van der Waals surface area contributed by atoms with Crippen molar-refractivity contribution in [2.45, 2.75) is 44.7 Å². The summed E-state index contributed by atoms with van der Waals surface area (Å²) < 4.78 is 53.2. The molecule has 4 fully saturated rings. The zero-order valence-electron chi connectivity index (χ0n) is 19.0. The number of rotatable bonds is 6. The number of nitrogens with one attached hydrogen (secondary N) is 2. The summed E-state index contributed by atoms with van der Waals surface area (Å²) in [4.78, 5) is 8.12. The van der Waals surface area contributed by atoms with Crippen molar-refractivity contribution < 1.29 is 17.7 Å². The number of aromatic nitrogens is 2. The van der Waals surface area contributed by atoms with Crippen LogP contribution < -0.4 is 15.9 Å². The first-order valence-corrected chi connectivity index (χ1v) is 14.2. The van der Waals surface area contributed by atoms with Gasteiger partial charge in [-0.25, -0.2) is 4.98 Å². The van der Waals surface area contributed by atoms with Gasteiger partial charge in [0.15, 0.2) is 0 Å². The minimum absolute atomic E-state index is 0.0836. The number of anilines is 3. The van der Waals surface area contributed by atoms with E-state index in [-0.39, 0.29) is 17.2 Å². The molecule has 5 nitrogen and oxygen atoms in total. The van der Waals surface area contributed by atoms with E-state index < -0.39 is 18.9 Å². The summed E-state index contributed by atoms with van der Waals surface area (Å²) in [6.07, 6.45) is 3.50. The topological polar surface area (TPSA) is 66.9 Å². The van der Waals surface area contributed by atoms with Crippen molar-refractivity contribution in [3.05, 3.63) is 36.0 Å². The maximum atomic E-state index is 13.7. The molecule has 9 heteroatoms. The van der Waals surface area contributed by atoms with E-state index in [9.17, 15) is 17.7 Å². The van der Waals surface area contributed by atoms with Crippen LogP contribution in [0.4, 0.5) is 30.6 Å². The Morgan fingerprint density at radius 2 is 1.61 bits per heavy atom. The number of alkyl halides is 3. The van der Waals surface area contributed by atoms with Crippen LogP contribution in [-0.4, -0.2) is 29.8 Å². The van der Waals surface area contributed by atoms with Gasteiger partial charge in [0.1, 0.15) is 18.5 Å². The van der Waals surface area contributed by atoms with Crippen molar-refractivity contribution in [1.82, 2.24) is 9.97 Å². The van der Waals surface area contributed by atoms with Gasteiger partial charge in [-0.3, -0.25) is 0 Å². The highest BCUT2D eigenvalue weighted by Gasteiger charge is 2.50. The van der Waals surface area contributed by atoms with Crippen molar-refractivity contribution in [2.24, 2.45) is 23.2 Å². The van der Waals surface area contributed by atoms with Crippen LogP contribution in [0.2, 0.25) is 0 Å². The lowest BCUT2D eigenvalue weighted by atomic mass is 9.49. The van der Waals surface area contributed by atoms with Gasteiger partial charge in [-0.1, -0.05) is 0 Å². The smallest absolute Gasteiger partial charge is 0.369 e. The quantitative estimate of drug-likeness (QED) is 0.490. The molecule has 0 amide bonds. The Balaban J connectivity index is 1.36. The van der Waals surface area contributed by atoms with Crippen LogP contribution in [-0.2, 0) is 10.7 Å². The zero-order chi connectivity index (χ0) is 23.4. The predicted molar refractivity (Wildman–Crippen MR) is 125 cm³/mol. The molecular weight excluding hydrogens is 448 g/mol. The van der Waals surface area contributed by atoms with Crippen LogP contribution in [0.3, 0.4) is 0 Å². The number of hydrogen-bond acceptors (Lipinski definition) is 5. The monoisotopic (exact) mass is 478 g/mol. The first-order chi connectivity index (χ1) is 15.5. The molecule has 0 aliphatic heterocycles. The van der Waals surface area contributed by atoms with Crippen LogP contribution in [0.15, 0.2) is 30.5 Å². The summed E-state index contributed by atoms with van der Waals surface area (Å²) in [6, 6.07) is 6.97. The summed E-state index contributed by atoms with van der Waals surface area (Å²) >= 11 is 0. The van der Waals surface area contributed by atoms with Crippen molar-refractivity contribution in [3.63, 3.8) is 0 Å². The number of hydrogen-bond donors (Lipinski definition) is 2. The lowest BCUT2D eigenvalue weighted by Gasteiger charge is -2.57. The van der Waals surface area contributed by atoms with Gasteiger partial charge in [0.2, 0.25) is 5.95 Å². The number of nitrogens with zero attached hydrogens (tertiary/aromatic N) is 2. The van der Waals surface area contributed by atoms with Crippen LogP contribution in [0.25, 0.3) is 0 Å². The maximum absolute atomic E-state index is 13.7. The Kier molecular flexibility index (Phi) is 5.50. The Labute approximate surface area is 192 Å². The molecule has 178 valence electrons. The minimum atomic E-state index is -4.53. The van der Waals surface area contributed by atoms with E-state index in [1.807, 2.05) is 0 Å². The van der Waals surface area contributed by atoms with E-state index >= 15 is 0 Å². The first-order valence-electron chi connectivity index (χ1n) is 11.6. The Bertz CT molecular complexity index is 1040. The number of halogens is 3. The predicted octanol–water partition coefficient (Wildman–Crippen LogP) is 6.12. The van der Waals surface area contributed by atoms with Gasteiger partial charge in [0.25, 0.3) is 0 Å². The van der Waals surface area contributed by atoms with Crippen molar-refractivity contribution in [3.8, 4) is 0 Å². The molecule has 33 heavy (non-hydrogen) atoms. The molecule has 4 bridgehead atoms. The molecule has 0 saturated heterocycles. The Hall–Kier alpha value is -2.08. The van der Waals surface area contributed by atoms with Crippen LogP contribution in [0.1, 0.15) is 44.1 Å². The highest BCUT2D eigenvalue weighted by Crippen LogP contribution is 2.60. The molecule has 1 aromatic carbocycles. The van der Waals surface area contributed by atoms with E-state index in [0.29, 0.717) is 12.2 Å². The fraction of sp³-hybridized carbons (Fsp3) is 0.583. The van der Waals surface area contributed by atoms with Gasteiger partial charge in [0.05, 0.1) is 0 Å². The van der Waals surface area contributed by atoms with Crippen LogP contribution in [0.5, 0.6) is 0 Å². The molecule has 1 heterocycles. The number of benzene rings is 1. The second-order valence-electron chi connectivity index (χ2n) is 10.7.